The van der Waals surface area contributed by atoms with Crippen LogP contribution in [0.5, 0.6) is 5.75 Å². The Morgan fingerprint density at radius 3 is 2.46 bits per heavy atom. The summed E-state index contributed by atoms with van der Waals surface area (Å²) in [5, 5.41) is 0. The lowest BCUT2D eigenvalue weighted by atomic mass is 10.0. The Morgan fingerprint density at radius 1 is 1.12 bits per heavy atom. The Morgan fingerprint density at radius 2 is 1.81 bits per heavy atom. The van der Waals surface area contributed by atoms with Crippen molar-refractivity contribution in [2.75, 3.05) is 19.7 Å². The first-order valence-corrected chi connectivity index (χ1v) is 9.26. The van der Waals surface area contributed by atoms with Gasteiger partial charge in [0.25, 0.3) is 0 Å². The Kier molecular flexibility index (Phi) is 5.94. The summed E-state index contributed by atoms with van der Waals surface area (Å²) in [7, 11) is 0. The van der Waals surface area contributed by atoms with Crippen LogP contribution in [0.2, 0.25) is 0 Å². The number of rotatable bonds is 5. The molecule has 0 spiro atoms. The molecule has 1 aliphatic rings. The van der Waals surface area contributed by atoms with Gasteiger partial charge in [0.1, 0.15) is 11.9 Å². The Hall–Kier alpha value is -2.33. The average molecular weight is 353 g/mol. The first-order valence-electron chi connectivity index (χ1n) is 9.26. The van der Waals surface area contributed by atoms with Gasteiger partial charge < -0.3 is 14.4 Å². The van der Waals surface area contributed by atoms with Crippen LogP contribution in [0.15, 0.2) is 48.5 Å². The molecule has 0 aromatic heterocycles. The van der Waals surface area contributed by atoms with Crippen molar-refractivity contribution in [3.8, 4) is 5.75 Å². The van der Waals surface area contributed by atoms with E-state index in [4.69, 9.17) is 9.47 Å². The monoisotopic (exact) mass is 353 g/mol. The zero-order valence-corrected chi connectivity index (χ0v) is 15.8. The molecule has 1 heterocycles. The highest BCUT2D eigenvalue weighted by Gasteiger charge is 2.29. The second-order valence-electron chi connectivity index (χ2n) is 6.90. The molecule has 2 atom stereocenters. The van der Waals surface area contributed by atoms with Gasteiger partial charge in [0.2, 0.25) is 5.91 Å². The largest absolute Gasteiger partial charge is 0.494 e. The van der Waals surface area contributed by atoms with Crippen LogP contribution >= 0.6 is 0 Å². The van der Waals surface area contributed by atoms with Gasteiger partial charge in [0.15, 0.2) is 0 Å². The summed E-state index contributed by atoms with van der Waals surface area (Å²) in [6.07, 6.45) is 0.364. The van der Waals surface area contributed by atoms with Crippen molar-refractivity contribution in [1.29, 1.82) is 0 Å². The van der Waals surface area contributed by atoms with Crippen LogP contribution in [0.1, 0.15) is 36.6 Å². The van der Waals surface area contributed by atoms with E-state index in [1.54, 1.807) is 0 Å². The second-order valence-corrected chi connectivity index (χ2v) is 6.90. The summed E-state index contributed by atoms with van der Waals surface area (Å²) < 4.78 is 11.5. The quantitative estimate of drug-likeness (QED) is 0.818. The number of carbonyl (C=O) groups excluding carboxylic acids is 1. The number of carbonyl (C=O) groups is 1. The molecule has 0 bridgehead atoms. The van der Waals surface area contributed by atoms with E-state index in [0.717, 1.165) is 16.9 Å². The van der Waals surface area contributed by atoms with Crippen LogP contribution in [0.3, 0.4) is 0 Å². The number of morpholine rings is 1. The lowest BCUT2D eigenvalue weighted by molar-refractivity contribution is -0.144. The predicted molar refractivity (Wildman–Crippen MR) is 102 cm³/mol. The molecule has 4 heteroatoms. The zero-order chi connectivity index (χ0) is 18.5. The normalized spacial score (nSPS) is 20.0. The molecule has 2 aromatic rings. The highest BCUT2D eigenvalue weighted by molar-refractivity contribution is 5.79. The van der Waals surface area contributed by atoms with Crippen molar-refractivity contribution in [3.63, 3.8) is 0 Å². The number of hydrogen-bond donors (Lipinski definition) is 0. The average Bonchev–Trinajstić information content (AvgIpc) is 2.63. The predicted octanol–water partition coefficient (Wildman–Crippen LogP) is 3.92. The highest BCUT2D eigenvalue weighted by Crippen LogP contribution is 2.26. The maximum atomic E-state index is 12.8. The highest BCUT2D eigenvalue weighted by atomic mass is 16.5. The molecule has 1 aliphatic heterocycles. The van der Waals surface area contributed by atoms with Crippen molar-refractivity contribution in [2.24, 2.45) is 0 Å². The number of aryl methyl sites for hydroxylation is 1. The smallest absolute Gasteiger partial charge is 0.227 e. The maximum Gasteiger partial charge on any atom is 0.227 e. The first kappa shape index (κ1) is 18.5. The topological polar surface area (TPSA) is 38.8 Å². The molecule has 3 rings (SSSR count). The first-order chi connectivity index (χ1) is 12.5. The van der Waals surface area contributed by atoms with Gasteiger partial charge in [0.05, 0.1) is 25.7 Å². The van der Waals surface area contributed by atoms with Crippen LogP contribution in [0, 0.1) is 6.92 Å². The zero-order valence-electron chi connectivity index (χ0n) is 15.8. The van der Waals surface area contributed by atoms with E-state index in [2.05, 4.69) is 31.2 Å². The summed E-state index contributed by atoms with van der Waals surface area (Å²) in [5.41, 5.74) is 3.35. The molecule has 0 N–H and O–H groups in total. The molecule has 0 radical (unpaired) electrons. The van der Waals surface area contributed by atoms with Gasteiger partial charge in [-0.2, -0.15) is 0 Å². The minimum Gasteiger partial charge on any atom is -0.494 e. The van der Waals surface area contributed by atoms with E-state index in [-0.39, 0.29) is 18.1 Å². The van der Waals surface area contributed by atoms with E-state index in [0.29, 0.717) is 26.1 Å². The van der Waals surface area contributed by atoms with Gasteiger partial charge >= 0.3 is 0 Å². The van der Waals surface area contributed by atoms with Gasteiger partial charge in [-0.25, -0.2) is 0 Å². The van der Waals surface area contributed by atoms with E-state index in [9.17, 15) is 4.79 Å². The Labute approximate surface area is 155 Å². The minimum absolute atomic E-state index is 0.0272. The number of amides is 1. The lowest BCUT2D eigenvalue weighted by Crippen LogP contribution is -2.46. The minimum atomic E-state index is -0.0661. The molecule has 1 saturated heterocycles. The fourth-order valence-corrected chi connectivity index (χ4v) is 3.28. The summed E-state index contributed by atoms with van der Waals surface area (Å²) in [6, 6.07) is 16.1. The third-order valence-corrected chi connectivity index (χ3v) is 4.65. The van der Waals surface area contributed by atoms with E-state index in [1.807, 2.05) is 43.0 Å². The fourth-order valence-electron chi connectivity index (χ4n) is 3.28. The molecule has 1 amide bonds. The fraction of sp³-hybridized carbons (Fsp3) is 0.409. The van der Waals surface area contributed by atoms with Crippen LogP contribution in [0.4, 0.5) is 0 Å². The van der Waals surface area contributed by atoms with Gasteiger partial charge in [-0.15, -0.1) is 0 Å². The Balaban J connectivity index is 1.65. The van der Waals surface area contributed by atoms with Crippen molar-refractivity contribution in [2.45, 2.75) is 39.4 Å². The van der Waals surface area contributed by atoms with Crippen LogP contribution in [0.25, 0.3) is 0 Å². The molecule has 4 nitrogen and oxygen atoms in total. The molecule has 0 aliphatic carbocycles. The summed E-state index contributed by atoms with van der Waals surface area (Å²) >= 11 is 0. The maximum absolute atomic E-state index is 12.8. The molecular weight excluding hydrogens is 326 g/mol. The second kappa shape index (κ2) is 8.37. The van der Waals surface area contributed by atoms with Gasteiger partial charge in [0, 0.05) is 6.54 Å². The van der Waals surface area contributed by atoms with E-state index in [1.165, 1.54) is 5.56 Å². The SMILES string of the molecule is CCOc1ccc(CC(=O)N2CC(C)OC(c3ccc(C)cc3)C2)cc1. The van der Waals surface area contributed by atoms with Crippen LogP contribution < -0.4 is 4.74 Å². The molecule has 1 fully saturated rings. The summed E-state index contributed by atoms with van der Waals surface area (Å²) in [6.45, 7) is 7.94. The summed E-state index contributed by atoms with van der Waals surface area (Å²) in [5.74, 6) is 0.976. The van der Waals surface area contributed by atoms with Crippen molar-refractivity contribution in [3.05, 3.63) is 65.2 Å². The van der Waals surface area contributed by atoms with Gasteiger partial charge in [-0.05, 0) is 44.0 Å². The number of nitrogens with zero attached hydrogens (tertiary/aromatic N) is 1. The third kappa shape index (κ3) is 4.64. The van der Waals surface area contributed by atoms with Gasteiger partial charge in [-0.1, -0.05) is 42.0 Å². The molecular formula is C22H27NO3. The number of benzene rings is 2. The van der Waals surface area contributed by atoms with Crippen molar-refractivity contribution in [1.82, 2.24) is 4.90 Å². The van der Waals surface area contributed by atoms with E-state index < -0.39 is 0 Å². The molecule has 2 aromatic carbocycles. The number of hydrogen-bond acceptors (Lipinski definition) is 3. The van der Waals surface area contributed by atoms with Crippen LogP contribution in [-0.4, -0.2) is 36.6 Å². The Bertz CT molecular complexity index is 724. The van der Waals surface area contributed by atoms with Crippen molar-refractivity contribution < 1.29 is 14.3 Å². The standard InChI is InChI=1S/C22H27NO3/c1-4-25-20-11-7-18(8-12-20)13-22(24)23-14-17(3)26-21(15-23)19-9-5-16(2)6-10-19/h5-12,17,21H,4,13-15H2,1-3H3. The van der Waals surface area contributed by atoms with Crippen LogP contribution in [-0.2, 0) is 16.0 Å². The molecule has 26 heavy (non-hydrogen) atoms. The molecule has 2 unspecified atom stereocenters. The number of ether oxygens (including phenoxy) is 2. The molecule has 0 saturated carbocycles. The third-order valence-electron chi connectivity index (χ3n) is 4.65. The summed E-state index contributed by atoms with van der Waals surface area (Å²) in [4.78, 5) is 14.7. The van der Waals surface area contributed by atoms with Crippen molar-refractivity contribution >= 4 is 5.91 Å². The lowest BCUT2D eigenvalue weighted by Gasteiger charge is -2.37. The van der Waals surface area contributed by atoms with Gasteiger partial charge in [-0.3, -0.25) is 4.79 Å². The molecule has 138 valence electrons. The van der Waals surface area contributed by atoms with E-state index >= 15 is 0 Å².